The molecule has 0 unspecified atom stereocenters. The number of carbonyl (C=O) groups excluding carboxylic acids is 2. The third kappa shape index (κ3) is 8.07. The summed E-state index contributed by atoms with van der Waals surface area (Å²) in [4.78, 5) is 30.9. The van der Waals surface area contributed by atoms with Crippen LogP contribution >= 0.6 is 0 Å². The highest BCUT2D eigenvalue weighted by Gasteiger charge is 2.39. The van der Waals surface area contributed by atoms with Crippen LogP contribution < -0.4 is 24.3 Å². The van der Waals surface area contributed by atoms with Crippen LogP contribution in [0.4, 0.5) is 4.79 Å². The van der Waals surface area contributed by atoms with Gasteiger partial charge in [-0.2, -0.15) is 0 Å². The number of rotatable bonds is 15. The second-order valence-electron chi connectivity index (χ2n) is 11.2. The van der Waals surface area contributed by atoms with E-state index in [2.05, 4.69) is 5.32 Å². The van der Waals surface area contributed by atoms with E-state index < -0.39 is 0 Å². The molecule has 1 aliphatic carbocycles. The number of hydrogen-bond donors (Lipinski definition) is 1. The average Bonchev–Trinajstić information content (AvgIpc) is 3.74. The first kappa shape index (κ1) is 31.4. The Morgan fingerprint density at radius 2 is 1.55 bits per heavy atom. The molecule has 1 saturated heterocycles. The van der Waals surface area contributed by atoms with E-state index in [0.717, 1.165) is 32.4 Å². The fourth-order valence-corrected chi connectivity index (χ4v) is 5.34. The zero-order valence-corrected chi connectivity index (χ0v) is 25.5. The van der Waals surface area contributed by atoms with Gasteiger partial charge in [0.05, 0.1) is 20.8 Å². The van der Waals surface area contributed by atoms with E-state index in [0.29, 0.717) is 54.9 Å². The van der Waals surface area contributed by atoms with Crippen LogP contribution in [-0.4, -0.2) is 94.6 Å². The van der Waals surface area contributed by atoms with Crippen molar-refractivity contribution >= 4 is 12.0 Å². The van der Waals surface area contributed by atoms with Crippen molar-refractivity contribution in [1.82, 2.24) is 15.1 Å². The van der Waals surface area contributed by atoms with E-state index >= 15 is 0 Å². The first-order valence-corrected chi connectivity index (χ1v) is 14.8. The van der Waals surface area contributed by atoms with Gasteiger partial charge in [0.1, 0.15) is 0 Å². The van der Waals surface area contributed by atoms with Gasteiger partial charge in [-0.25, -0.2) is 4.79 Å². The highest BCUT2D eigenvalue weighted by Crippen LogP contribution is 2.33. The molecule has 0 spiro atoms. The van der Waals surface area contributed by atoms with E-state index in [1.165, 1.54) is 0 Å². The van der Waals surface area contributed by atoms with Crippen molar-refractivity contribution in [3.05, 3.63) is 48.0 Å². The highest BCUT2D eigenvalue weighted by molar-refractivity contribution is 5.95. The minimum Gasteiger partial charge on any atom is -0.493 e. The fourth-order valence-electron chi connectivity index (χ4n) is 5.34. The number of amides is 2. The number of hydrogen-bond acceptors (Lipinski definition) is 8. The number of ether oxygens (including phenoxy) is 5. The van der Waals surface area contributed by atoms with Gasteiger partial charge >= 0.3 is 6.09 Å². The van der Waals surface area contributed by atoms with Crippen LogP contribution in [-0.2, 0) is 4.74 Å². The Morgan fingerprint density at radius 3 is 2.19 bits per heavy atom. The molecule has 2 fully saturated rings. The second kappa shape index (κ2) is 15.1. The lowest BCUT2D eigenvalue weighted by atomic mass is 9.94. The predicted octanol–water partition coefficient (Wildman–Crippen LogP) is 4.47. The number of para-hydroxylation sites is 2. The van der Waals surface area contributed by atoms with Crippen LogP contribution in [0.2, 0.25) is 0 Å². The summed E-state index contributed by atoms with van der Waals surface area (Å²) < 4.78 is 27.6. The summed E-state index contributed by atoms with van der Waals surface area (Å²) in [6.07, 6.45) is 2.31. The van der Waals surface area contributed by atoms with Gasteiger partial charge in [-0.1, -0.05) is 12.1 Å². The minimum atomic E-state index is -0.360. The van der Waals surface area contributed by atoms with Crippen LogP contribution in [0.3, 0.4) is 0 Å². The maximum atomic E-state index is 13.8. The molecule has 1 N–H and O–H groups in total. The average molecular weight is 584 g/mol. The number of nitrogens with one attached hydrogen (secondary N) is 1. The predicted molar refractivity (Wildman–Crippen MR) is 160 cm³/mol. The lowest BCUT2D eigenvalue weighted by Crippen LogP contribution is -2.45. The number of benzene rings is 2. The third-order valence-corrected chi connectivity index (χ3v) is 7.88. The van der Waals surface area contributed by atoms with Crippen LogP contribution in [0.15, 0.2) is 42.5 Å². The Labute approximate surface area is 249 Å². The van der Waals surface area contributed by atoms with Gasteiger partial charge < -0.3 is 38.8 Å². The Hall–Kier alpha value is -3.50. The standard InChI is InChI=1S/C32H45N3O7/c1-22(2)34(31(36)23-11-14-28(40-5)30(17-23)41-16-8-15-38-3)20-24-18-33-19-25(24)21-35(26-12-13-26)32(37)42-29-10-7-6-9-27(29)39-4/h6-7,9-11,14,17,22,24-26,33H,8,12-13,15-16,18-21H2,1-5H3/t24-,25-/m0/s1. The number of nitrogens with zero attached hydrogens (tertiary/aromatic N) is 2. The Bertz CT molecular complexity index is 1190. The molecule has 1 aliphatic heterocycles. The van der Waals surface area contributed by atoms with E-state index in [-0.39, 0.29) is 35.9 Å². The first-order valence-electron chi connectivity index (χ1n) is 14.8. The molecule has 2 aromatic carbocycles. The molecule has 2 aromatic rings. The fraction of sp³-hybridized carbons (Fsp3) is 0.562. The quantitative estimate of drug-likeness (QED) is 0.307. The summed E-state index contributed by atoms with van der Waals surface area (Å²) in [5.41, 5.74) is 0.550. The Kier molecular flexibility index (Phi) is 11.3. The maximum absolute atomic E-state index is 13.8. The number of carbonyl (C=O) groups is 2. The SMILES string of the molecule is COCCCOc1cc(C(=O)N(C[C@@H]2CNC[C@H]2CN(C(=O)Oc2ccccc2OC)C2CC2)C(C)C)ccc1OC. The summed E-state index contributed by atoms with van der Waals surface area (Å²) in [6.45, 7) is 7.81. The summed E-state index contributed by atoms with van der Waals surface area (Å²) in [5.74, 6) is 2.36. The smallest absolute Gasteiger partial charge is 0.415 e. The van der Waals surface area contributed by atoms with E-state index in [4.69, 9.17) is 23.7 Å². The second-order valence-corrected chi connectivity index (χ2v) is 11.2. The monoisotopic (exact) mass is 583 g/mol. The van der Waals surface area contributed by atoms with E-state index in [9.17, 15) is 9.59 Å². The Balaban J connectivity index is 1.44. The molecule has 2 atom stereocenters. The summed E-state index contributed by atoms with van der Waals surface area (Å²) in [6, 6.07) is 12.7. The van der Waals surface area contributed by atoms with Crippen LogP contribution in [0.1, 0.15) is 43.5 Å². The van der Waals surface area contributed by atoms with Crippen LogP contribution in [0.25, 0.3) is 0 Å². The topological polar surface area (TPSA) is 98.8 Å². The molecule has 10 nitrogen and oxygen atoms in total. The molecular formula is C32H45N3O7. The summed E-state index contributed by atoms with van der Waals surface area (Å²) in [7, 11) is 4.80. The molecule has 230 valence electrons. The molecule has 1 saturated carbocycles. The minimum absolute atomic E-state index is 0.0121. The first-order chi connectivity index (χ1) is 20.4. The van der Waals surface area contributed by atoms with Crippen LogP contribution in [0.5, 0.6) is 23.0 Å². The van der Waals surface area contributed by atoms with Gasteiger partial charge in [0.2, 0.25) is 0 Å². The third-order valence-electron chi connectivity index (χ3n) is 7.88. The molecule has 0 aromatic heterocycles. The van der Waals surface area contributed by atoms with E-state index in [1.54, 1.807) is 51.7 Å². The molecular weight excluding hydrogens is 538 g/mol. The van der Waals surface area contributed by atoms with Gasteiger partial charge in [-0.3, -0.25) is 4.79 Å². The van der Waals surface area contributed by atoms with Crippen molar-refractivity contribution < 1.29 is 33.3 Å². The maximum Gasteiger partial charge on any atom is 0.415 e. The lowest BCUT2D eigenvalue weighted by Gasteiger charge is -2.33. The molecule has 4 rings (SSSR count). The molecule has 42 heavy (non-hydrogen) atoms. The zero-order valence-electron chi connectivity index (χ0n) is 25.5. The van der Waals surface area contributed by atoms with Crippen molar-refractivity contribution in [3.63, 3.8) is 0 Å². The number of methoxy groups -OCH3 is 3. The molecule has 2 aliphatic rings. The highest BCUT2D eigenvalue weighted by atomic mass is 16.6. The largest absolute Gasteiger partial charge is 0.493 e. The van der Waals surface area contributed by atoms with Crippen molar-refractivity contribution in [1.29, 1.82) is 0 Å². The van der Waals surface area contributed by atoms with Gasteiger partial charge in [0.15, 0.2) is 23.0 Å². The molecule has 10 heteroatoms. The zero-order chi connectivity index (χ0) is 30.1. The van der Waals surface area contributed by atoms with Gasteiger partial charge in [-0.15, -0.1) is 0 Å². The molecule has 0 bridgehead atoms. The van der Waals surface area contributed by atoms with Crippen molar-refractivity contribution in [3.8, 4) is 23.0 Å². The van der Waals surface area contributed by atoms with Crippen molar-refractivity contribution in [2.75, 3.05) is 60.7 Å². The van der Waals surface area contributed by atoms with Crippen LogP contribution in [0, 0.1) is 11.8 Å². The molecule has 1 heterocycles. The Morgan fingerprint density at radius 1 is 0.881 bits per heavy atom. The van der Waals surface area contributed by atoms with Crippen molar-refractivity contribution in [2.45, 2.75) is 45.2 Å². The summed E-state index contributed by atoms with van der Waals surface area (Å²) >= 11 is 0. The van der Waals surface area contributed by atoms with Gasteiger partial charge in [0, 0.05) is 64.0 Å². The lowest BCUT2D eigenvalue weighted by molar-refractivity contribution is 0.0648. The summed E-state index contributed by atoms with van der Waals surface area (Å²) in [5, 5.41) is 3.49. The normalized spacial score (nSPS) is 18.0. The van der Waals surface area contributed by atoms with Gasteiger partial charge in [0.25, 0.3) is 5.91 Å². The van der Waals surface area contributed by atoms with E-state index in [1.807, 2.05) is 35.8 Å². The molecule has 0 radical (unpaired) electrons. The van der Waals surface area contributed by atoms with Crippen molar-refractivity contribution in [2.24, 2.45) is 11.8 Å². The van der Waals surface area contributed by atoms with Gasteiger partial charge in [-0.05, 0) is 68.9 Å². The molecule has 2 amide bonds.